The molecule has 0 unspecified atom stereocenters. The summed E-state index contributed by atoms with van der Waals surface area (Å²) in [5.74, 6) is -1.99. The number of esters is 2. The highest BCUT2D eigenvalue weighted by Crippen LogP contribution is 2.39. The van der Waals surface area contributed by atoms with Crippen LogP contribution in [0.5, 0.6) is 0 Å². The Morgan fingerprint density at radius 1 is 0.315 bits per heavy atom. The summed E-state index contributed by atoms with van der Waals surface area (Å²) in [6, 6.07) is 4.96. The van der Waals surface area contributed by atoms with Crippen LogP contribution < -0.4 is 0 Å². The summed E-state index contributed by atoms with van der Waals surface area (Å²) in [4.78, 5) is 25.8. The van der Waals surface area contributed by atoms with Crippen LogP contribution in [0.1, 0.15) is 20.7 Å². The first-order valence-electron chi connectivity index (χ1n) is 28.1. The van der Waals surface area contributed by atoms with Crippen molar-refractivity contribution >= 4 is 11.9 Å². The first kappa shape index (κ1) is 70.1. The first-order valence-corrected chi connectivity index (χ1v) is 28.1. The summed E-state index contributed by atoms with van der Waals surface area (Å²) in [6.45, 7) is -7.53. The maximum absolute atomic E-state index is 13.5. The standard InChI is InChI=1S/C51H76O38/c1-74-43(72)13-3-2-4-14(5-13)44(73)75-12-21-42-28(64)35(71)51(82-21)88-41-20(11-57)80-49(33(69)26(41)62)86-39-18(9-55)78-47(31(67)24(39)60)84-37-16(7-53)76-45(29(65)22(37)58)83-36-15(6-52)77-46(30(66)23(36)59)85-38-17(8-54)79-48(32(68)25(38)61)87-40-19(10-56)81-50(89-42)34(70)27(40)63/h2-5,15-42,45-71H,6-12H2,1H3/t15-,16-,17-,18-,19-,20-,21-,22-,23+,24-,25+,26-,27+,28-,29-,30+,31-,32+,33-,34+,35-,36-,37-,38-,39-,40-,41-,42-,45-,46-,47-,48-,49-,50-,51-/m1/s1. The molecule has 21 aliphatic rings. The molecule has 0 radical (unpaired) electrons. The Bertz CT molecular complexity index is 2420. The fourth-order valence-electron chi connectivity index (χ4n) is 11.5. The second kappa shape index (κ2) is 30.0. The Morgan fingerprint density at radius 3 is 0.730 bits per heavy atom. The monoisotopic (exact) mass is 1300 g/mol. The molecule has 1 aromatic carbocycles. The van der Waals surface area contributed by atoms with E-state index in [0.717, 1.165) is 13.2 Å². The molecule has 21 saturated heterocycles. The molecular formula is C51H76O38. The molecule has 0 spiro atoms. The first-order chi connectivity index (χ1) is 42.4. The number of benzene rings is 1. The van der Waals surface area contributed by atoms with E-state index in [1.54, 1.807) is 0 Å². The quantitative estimate of drug-likeness (QED) is 0.0967. The number of hydrogen-bond donors (Lipinski definition) is 20. The molecule has 0 aliphatic carbocycles. The average Bonchev–Trinajstić information content (AvgIpc) is 1.48. The van der Waals surface area contributed by atoms with Crippen LogP contribution in [0.15, 0.2) is 24.3 Å². The van der Waals surface area contributed by atoms with Gasteiger partial charge in [0.15, 0.2) is 44.0 Å². The summed E-state index contributed by atoms with van der Waals surface area (Å²) in [7, 11) is 1.08. The molecule has 0 aromatic heterocycles. The van der Waals surface area contributed by atoms with Gasteiger partial charge in [-0.25, -0.2) is 9.59 Å². The van der Waals surface area contributed by atoms with Gasteiger partial charge in [0.05, 0.1) is 57.9 Å². The number of carbonyl (C=O) groups excluding carboxylic acids is 2. The highest BCUT2D eigenvalue weighted by atomic mass is 16.8. The van der Waals surface area contributed by atoms with Crippen molar-refractivity contribution in [2.75, 3.05) is 53.4 Å². The zero-order valence-electron chi connectivity index (χ0n) is 46.8. The lowest BCUT2D eigenvalue weighted by Gasteiger charge is -2.50. The van der Waals surface area contributed by atoms with Crippen LogP contribution in [-0.2, 0) is 75.8 Å². The highest BCUT2D eigenvalue weighted by molar-refractivity contribution is 5.95. The van der Waals surface area contributed by atoms with Crippen LogP contribution in [0.2, 0.25) is 0 Å². The molecule has 21 fully saturated rings. The van der Waals surface area contributed by atoms with E-state index in [4.69, 9.17) is 75.8 Å². The van der Waals surface area contributed by atoms with Gasteiger partial charge in [-0.05, 0) is 18.2 Å². The van der Waals surface area contributed by atoms with Gasteiger partial charge < -0.3 is 178 Å². The van der Waals surface area contributed by atoms with Gasteiger partial charge in [-0.3, -0.25) is 0 Å². The minimum atomic E-state index is -2.33. The number of methoxy groups -OCH3 is 1. The van der Waals surface area contributed by atoms with E-state index >= 15 is 0 Å². The number of aliphatic hydroxyl groups excluding tert-OH is 20. The molecule has 508 valence electrons. The lowest BCUT2D eigenvalue weighted by atomic mass is 9.95. The fraction of sp³-hybridized carbons (Fsp3) is 0.843. The molecule has 0 saturated carbocycles. The molecule has 35 atom stereocenters. The molecule has 21 aliphatic heterocycles. The zero-order valence-corrected chi connectivity index (χ0v) is 46.8. The molecule has 22 rings (SSSR count). The van der Waals surface area contributed by atoms with Crippen LogP contribution in [0.4, 0.5) is 0 Å². The molecule has 1 aromatic rings. The van der Waals surface area contributed by atoms with Crippen LogP contribution >= 0.6 is 0 Å². The van der Waals surface area contributed by atoms with Gasteiger partial charge in [-0.15, -0.1) is 0 Å². The van der Waals surface area contributed by atoms with Crippen molar-refractivity contribution in [1.82, 2.24) is 0 Å². The number of aliphatic hydroxyl groups is 20. The SMILES string of the molecule is COC(=O)c1cccc(C(=O)OC[C@H]2O[C@@H]3O[C@H]4[C@H](O)[C@@H](O)[C@@H](O[C@H]5[C@H](O)[C@@H](O)[C@@H](O[C@H]6[C@H](O)[C@@H](O)[C@@H](O[C@H]7[C@@H](O)[C@H](O)[C@@H](O[C@H]8[C@@H](O)[C@H](O)[C@@H](O[C@H]9[C@@H](O)[C@H](O)[C@@H](O[C@H]2[C@H](O)[C@H]3O)O[C@@H]9CO)O[C@@H]8CO)O[C@@H]7CO)O[C@@H]6CO)O[C@@H]5CO)O[C@@H]4CO)c1. The van der Waals surface area contributed by atoms with Crippen molar-refractivity contribution < 1.29 is 188 Å². The van der Waals surface area contributed by atoms with Crippen molar-refractivity contribution in [1.29, 1.82) is 0 Å². The van der Waals surface area contributed by atoms with E-state index in [1.165, 1.54) is 18.2 Å². The van der Waals surface area contributed by atoms with Gasteiger partial charge in [-0.2, -0.15) is 0 Å². The highest BCUT2D eigenvalue weighted by Gasteiger charge is 2.60. The lowest BCUT2D eigenvalue weighted by molar-refractivity contribution is -0.396. The predicted octanol–water partition coefficient (Wildman–Crippen LogP) is -13.6. The van der Waals surface area contributed by atoms with Gasteiger partial charge in [-0.1, -0.05) is 6.07 Å². The molecular weight excluding hydrogens is 1220 g/mol. The van der Waals surface area contributed by atoms with Crippen LogP contribution in [0.3, 0.4) is 0 Å². The van der Waals surface area contributed by atoms with Crippen LogP contribution in [0.25, 0.3) is 0 Å². The van der Waals surface area contributed by atoms with E-state index in [9.17, 15) is 112 Å². The molecule has 38 nitrogen and oxygen atoms in total. The van der Waals surface area contributed by atoms with E-state index in [0.29, 0.717) is 0 Å². The Balaban J connectivity index is 1.02. The minimum Gasteiger partial charge on any atom is -0.465 e. The Hall–Kier alpha value is -3.20. The average molecular weight is 1300 g/mol. The molecule has 20 N–H and O–H groups in total. The molecule has 14 bridgehead atoms. The topological polar surface area (TPSA) is 586 Å². The van der Waals surface area contributed by atoms with E-state index < -0.39 is 273 Å². The van der Waals surface area contributed by atoms with E-state index in [1.807, 2.05) is 0 Å². The van der Waals surface area contributed by atoms with Crippen molar-refractivity contribution in [3.8, 4) is 0 Å². The second-order valence-corrected chi connectivity index (χ2v) is 22.1. The van der Waals surface area contributed by atoms with Gasteiger partial charge in [0.1, 0.15) is 178 Å². The zero-order chi connectivity index (χ0) is 64.6. The third kappa shape index (κ3) is 14.3. The number of ether oxygens (including phenoxy) is 16. The molecule has 89 heavy (non-hydrogen) atoms. The number of carbonyl (C=O) groups is 2. The van der Waals surface area contributed by atoms with E-state index in [2.05, 4.69) is 0 Å². The third-order valence-electron chi connectivity index (χ3n) is 16.5. The Labute approximate surface area is 502 Å². The maximum Gasteiger partial charge on any atom is 0.338 e. The van der Waals surface area contributed by atoms with Gasteiger partial charge in [0.2, 0.25) is 0 Å². The van der Waals surface area contributed by atoms with Crippen molar-refractivity contribution in [3.63, 3.8) is 0 Å². The van der Waals surface area contributed by atoms with Crippen molar-refractivity contribution in [2.24, 2.45) is 0 Å². The van der Waals surface area contributed by atoms with E-state index in [-0.39, 0.29) is 11.1 Å². The summed E-state index contributed by atoms with van der Waals surface area (Å²) >= 11 is 0. The summed E-state index contributed by atoms with van der Waals surface area (Å²) < 4.78 is 90.9. The van der Waals surface area contributed by atoms with Gasteiger partial charge in [0.25, 0.3) is 0 Å². The minimum absolute atomic E-state index is 0.0864. The largest absolute Gasteiger partial charge is 0.465 e. The molecule has 0 amide bonds. The molecule has 21 heterocycles. The van der Waals surface area contributed by atoms with Gasteiger partial charge >= 0.3 is 11.9 Å². The number of rotatable bonds is 10. The lowest BCUT2D eigenvalue weighted by Crippen LogP contribution is -2.68. The number of hydrogen-bond acceptors (Lipinski definition) is 38. The second-order valence-electron chi connectivity index (χ2n) is 22.1. The Morgan fingerprint density at radius 2 is 0.517 bits per heavy atom. The van der Waals surface area contributed by atoms with Crippen LogP contribution in [0, 0.1) is 0 Å². The normalized spacial score (nSPS) is 49.3. The summed E-state index contributed by atoms with van der Waals surface area (Å²) in [5.41, 5.74) is -0.324. The Kier molecular flexibility index (Phi) is 23.7. The van der Waals surface area contributed by atoms with Gasteiger partial charge in [0, 0.05) is 0 Å². The fourth-order valence-corrected chi connectivity index (χ4v) is 11.5. The summed E-state index contributed by atoms with van der Waals surface area (Å²) in [5, 5.41) is 224. The van der Waals surface area contributed by atoms with Crippen LogP contribution in [-0.4, -0.2) is 382 Å². The van der Waals surface area contributed by atoms with Crippen molar-refractivity contribution in [2.45, 2.75) is 215 Å². The third-order valence-corrected chi connectivity index (χ3v) is 16.5. The summed E-state index contributed by atoms with van der Waals surface area (Å²) in [6.07, 6.45) is -72.7. The smallest absolute Gasteiger partial charge is 0.338 e. The molecule has 38 heteroatoms. The van der Waals surface area contributed by atoms with Crippen molar-refractivity contribution in [3.05, 3.63) is 35.4 Å². The maximum atomic E-state index is 13.5. The predicted molar refractivity (Wildman–Crippen MR) is 269 cm³/mol.